The number of carboxylic acid groups (broad SMARTS) is 1. The Kier molecular flexibility index (Phi) is 4.44. The molecule has 130 valence electrons. The van der Waals surface area contributed by atoms with E-state index in [1.807, 2.05) is 13.8 Å². The molecule has 6 heteroatoms. The summed E-state index contributed by atoms with van der Waals surface area (Å²) in [4.78, 5) is 40.6. The van der Waals surface area contributed by atoms with E-state index in [1.165, 1.54) is 11.0 Å². The van der Waals surface area contributed by atoms with Gasteiger partial charge in [0.15, 0.2) is 0 Å². The smallest absolute Gasteiger partial charge is 0.312 e. The van der Waals surface area contributed by atoms with Crippen molar-refractivity contribution in [2.45, 2.75) is 26.2 Å². The van der Waals surface area contributed by atoms with Gasteiger partial charge in [0.2, 0.25) is 5.56 Å². The number of aromatic amines is 1. The predicted octanol–water partition coefficient (Wildman–Crippen LogP) is 2.40. The Balaban J connectivity index is 1.98. The van der Waals surface area contributed by atoms with Crippen LogP contribution in [-0.4, -0.2) is 28.5 Å². The lowest BCUT2D eigenvalue weighted by Crippen LogP contribution is -2.32. The molecule has 0 saturated carbocycles. The number of carbonyl (C=O) groups is 2. The maximum absolute atomic E-state index is 12.9. The summed E-state index contributed by atoms with van der Waals surface area (Å²) in [6.45, 7) is 4.13. The van der Waals surface area contributed by atoms with E-state index in [-0.39, 0.29) is 23.6 Å². The van der Waals surface area contributed by atoms with E-state index in [1.54, 1.807) is 30.3 Å². The van der Waals surface area contributed by atoms with Crippen molar-refractivity contribution in [2.75, 3.05) is 11.4 Å². The number of nitrogens with one attached hydrogen (secondary N) is 1. The van der Waals surface area contributed by atoms with Gasteiger partial charge >= 0.3 is 5.97 Å². The van der Waals surface area contributed by atoms with Gasteiger partial charge < -0.3 is 15.0 Å². The fourth-order valence-electron chi connectivity index (χ4n) is 3.24. The average Bonchev–Trinajstić information content (AvgIpc) is 2.92. The predicted molar refractivity (Wildman–Crippen MR) is 94.1 cm³/mol. The number of rotatable bonds is 4. The Bertz CT molecular complexity index is 885. The van der Waals surface area contributed by atoms with Crippen molar-refractivity contribution in [3.63, 3.8) is 0 Å². The van der Waals surface area contributed by atoms with Crippen molar-refractivity contribution >= 4 is 17.6 Å². The van der Waals surface area contributed by atoms with Crippen molar-refractivity contribution in [2.24, 2.45) is 5.92 Å². The molecule has 3 rings (SSSR count). The molecular formula is C19H20N2O4. The molecule has 0 fully saturated rings. The number of carbonyl (C=O) groups excluding carboxylic acids is 1. The van der Waals surface area contributed by atoms with Crippen LogP contribution in [0.1, 0.15) is 41.4 Å². The van der Waals surface area contributed by atoms with Crippen molar-refractivity contribution < 1.29 is 14.7 Å². The average molecular weight is 340 g/mol. The first kappa shape index (κ1) is 17.0. The summed E-state index contributed by atoms with van der Waals surface area (Å²) >= 11 is 0. The second-order valence-corrected chi connectivity index (χ2v) is 6.72. The number of H-pyrrole nitrogens is 1. The monoisotopic (exact) mass is 340 g/mol. The van der Waals surface area contributed by atoms with Crippen molar-refractivity contribution in [3.05, 3.63) is 63.6 Å². The summed E-state index contributed by atoms with van der Waals surface area (Å²) in [5.41, 5.74) is 1.86. The van der Waals surface area contributed by atoms with Gasteiger partial charge in [0.25, 0.3) is 5.91 Å². The van der Waals surface area contributed by atoms with Crippen molar-refractivity contribution in [1.29, 1.82) is 0 Å². The van der Waals surface area contributed by atoms with Crippen LogP contribution in [0.5, 0.6) is 0 Å². The summed E-state index contributed by atoms with van der Waals surface area (Å²) < 4.78 is 0. The Morgan fingerprint density at radius 1 is 1.28 bits per heavy atom. The molecule has 2 heterocycles. The zero-order valence-corrected chi connectivity index (χ0v) is 14.2. The van der Waals surface area contributed by atoms with Crippen LogP contribution in [0.2, 0.25) is 0 Å². The van der Waals surface area contributed by atoms with Crippen molar-refractivity contribution in [3.8, 4) is 0 Å². The molecule has 1 aliphatic heterocycles. The van der Waals surface area contributed by atoms with Gasteiger partial charge in [-0.3, -0.25) is 14.4 Å². The number of fused-ring (bicyclic) bond motifs is 1. The zero-order valence-electron chi connectivity index (χ0n) is 14.2. The number of benzene rings is 1. The number of para-hydroxylation sites is 1. The third-order valence-corrected chi connectivity index (χ3v) is 4.29. The Hall–Kier alpha value is -2.89. The molecule has 2 N–H and O–H groups in total. The van der Waals surface area contributed by atoms with Gasteiger partial charge in [0.05, 0.1) is 0 Å². The van der Waals surface area contributed by atoms with Crippen LogP contribution >= 0.6 is 0 Å². The normalized spacial score (nSPS) is 16.1. The standard InChI is InChI=1S/C19H20N2O4/c1-11(2)7-13-8-12(9-17(22)20-13)18(23)21-10-15(19(24)25)14-5-3-4-6-16(14)21/h3-6,8-9,11,15H,7,10H2,1-2H3,(H,20,22)(H,24,25). The largest absolute Gasteiger partial charge is 0.481 e. The summed E-state index contributed by atoms with van der Waals surface area (Å²) in [5.74, 6) is -1.73. The number of pyridine rings is 1. The van der Waals surface area contributed by atoms with Crippen molar-refractivity contribution in [1.82, 2.24) is 4.98 Å². The van der Waals surface area contributed by atoms with E-state index in [4.69, 9.17) is 0 Å². The Morgan fingerprint density at radius 2 is 2.00 bits per heavy atom. The molecule has 1 aromatic heterocycles. The molecule has 1 atom stereocenters. The lowest BCUT2D eigenvalue weighted by molar-refractivity contribution is -0.138. The van der Waals surface area contributed by atoms with Crippen LogP contribution in [0, 0.1) is 5.92 Å². The quantitative estimate of drug-likeness (QED) is 0.894. The van der Waals surface area contributed by atoms with E-state index in [9.17, 15) is 19.5 Å². The van der Waals surface area contributed by atoms with Crippen LogP contribution in [0.25, 0.3) is 0 Å². The number of aliphatic carboxylic acids is 1. The van der Waals surface area contributed by atoms with Crippen LogP contribution < -0.4 is 10.5 Å². The van der Waals surface area contributed by atoms with Gasteiger partial charge in [0, 0.05) is 29.6 Å². The lowest BCUT2D eigenvalue weighted by atomic mass is 10.0. The van der Waals surface area contributed by atoms with E-state index in [0.29, 0.717) is 29.3 Å². The fourth-order valence-corrected chi connectivity index (χ4v) is 3.24. The van der Waals surface area contributed by atoms with Gasteiger partial charge in [-0.25, -0.2) is 0 Å². The molecule has 1 unspecified atom stereocenters. The molecule has 0 radical (unpaired) electrons. The minimum Gasteiger partial charge on any atom is -0.481 e. The Morgan fingerprint density at radius 3 is 2.68 bits per heavy atom. The molecule has 1 aromatic carbocycles. The highest BCUT2D eigenvalue weighted by molar-refractivity contribution is 6.08. The third kappa shape index (κ3) is 3.33. The number of carboxylic acids is 1. The maximum Gasteiger partial charge on any atom is 0.312 e. The Labute approximate surface area is 145 Å². The molecule has 6 nitrogen and oxygen atoms in total. The maximum atomic E-state index is 12.9. The van der Waals surface area contributed by atoms with Crippen LogP contribution in [-0.2, 0) is 11.2 Å². The molecule has 0 bridgehead atoms. The van der Waals surface area contributed by atoms with Gasteiger partial charge in [0.1, 0.15) is 5.92 Å². The van der Waals surface area contributed by atoms with E-state index in [2.05, 4.69) is 4.98 Å². The molecular weight excluding hydrogens is 320 g/mol. The van der Waals surface area contributed by atoms with E-state index < -0.39 is 11.9 Å². The molecule has 1 amide bonds. The van der Waals surface area contributed by atoms with E-state index >= 15 is 0 Å². The molecule has 1 aliphatic rings. The number of nitrogens with zero attached hydrogens (tertiary/aromatic N) is 1. The van der Waals surface area contributed by atoms with Crippen LogP contribution in [0.15, 0.2) is 41.2 Å². The molecule has 0 spiro atoms. The molecule has 2 aromatic rings. The van der Waals surface area contributed by atoms with Gasteiger partial charge in [-0.15, -0.1) is 0 Å². The first-order chi connectivity index (χ1) is 11.9. The summed E-state index contributed by atoms with van der Waals surface area (Å²) in [7, 11) is 0. The van der Waals surface area contributed by atoms with Crippen LogP contribution in [0.3, 0.4) is 0 Å². The number of anilines is 1. The van der Waals surface area contributed by atoms with Gasteiger partial charge in [-0.2, -0.15) is 0 Å². The first-order valence-corrected chi connectivity index (χ1v) is 8.23. The molecule has 0 aliphatic carbocycles. The second-order valence-electron chi connectivity index (χ2n) is 6.72. The highest BCUT2D eigenvalue weighted by atomic mass is 16.4. The number of amides is 1. The highest BCUT2D eigenvalue weighted by Crippen LogP contribution is 2.37. The summed E-state index contributed by atoms with van der Waals surface area (Å²) in [5, 5.41) is 9.42. The molecule has 0 saturated heterocycles. The fraction of sp³-hybridized carbons (Fsp3) is 0.316. The zero-order chi connectivity index (χ0) is 18.1. The van der Waals surface area contributed by atoms with E-state index in [0.717, 1.165) is 0 Å². The number of hydrogen-bond donors (Lipinski definition) is 2. The topological polar surface area (TPSA) is 90.5 Å². The lowest BCUT2D eigenvalue weighted by Gasteiger charge is -2.18. The molecule has 25 heavy (non-hydrogen) atoms. The van der Waals surface area contributed by atoms with Gasteiger partial charge in [-0.1, -0.05) is 32.0 Å². The summed E-state index contributed by atoms with van der Waals surface area (Å²) in [6, 6.07) is 9.94. The minimum absolute atomic E-state index is 0.0693. The number of hydrogen-bond acceptors (Lipinski definition) is 3. The minimum atomic E-state index is -0.964. The third-order valence-electron chi connectivity index (χ3n) is 4.29. The second kappa shape index (κ2) is 6.55. The summed E-state index contributed by atoms with van der Waals surface area (Å²) in [6.07, 6.45) is 0.657. The number of aromatic nitrogens is 1. The highest BCUT2D eigenvalue weighted by Gasteiger charge is 2.36. The van der Waals surface area contributed by atoms with Crippen LogP contribution in [0.4, 0.5) is 5.69 Å². The van der Waals surface area contributed by atoms with Gasteiger partial charge in [-0.05, 0) is 30.0 Å². The SMILES string of the molecule is CC(C)Cc1cc(C(=O)N2CC(C(=O)O)c3ccccc32)cc(=O)[nH]1. The first-order valence-electron chi connectivity index (χ1n) is 8.23.